The van der Waals surface area contributed by atoms with E-state index in [1.165, 1.54) is 0 Å². The third-order valence-corrected chi connectivity index (χ3v) is 1.63. The number of rotatable bonds is 3. The van der Waals surface area contributed by atoms with E-state index in [1.54, 1.807) is 0 Å². The molecule has 1 aromatic rings. The largest absolute Gasteiger partial charge is 0.575 e. The molecule has 10 heteroatoms. The molecule has 0 radical (unpaired) electrons. The number of hydrogen-bond acceptors (Lipinski definition) is 6. The fourth-order valence-corrected chi connectivity index (χ4v) is 0.995. The molecule has 94 valence electrons. The fraction of sp³-hybridized carbons (Fsp3) is 0.286. The van der Waals surface area contributed by atoms with E-state index in [0.717, 1.165) is 0 Å². The number of pyridine rings is 1. The van der Waals surface area contributed by atoms with Crippen molar-refractivity contribution in [1.29, 1.82) is 0 Å². The predicted octanol–water partition coefficient (Wildman–Crippen LogP) is 1.05. The minimum atomic E-state index is -5.05. The van der Waals surface area contributed by atoms with E-state index in [4.69, 9.17) is 10.8 Å². The van der Waals surface area contributed by atoms with E-state index in [2.05, 4.69) is 9.72 Å². The lowest BCUT2D eigenvalue weighted by Gasteiger charge is -2.08. The van der Waals surface area contributed by atoms with Gasteiger partial charge in [-0.25, -0.2) is 0 Å². The van der Waals surface area contributed by atoms with Crippen molar-refractivity contribution in [3.05, 3.63) is 21.7 Å². The van der Waals surface area contributed by atoms with Crippen molar-refractivity contribution >= 4 is 5.82 Å². The minimum Gasteiger partial charge on any atom is -0.501 e. The minimum absolute atomic E-state index is 0.301. The van der Waals surface area contributed by atoms with Crippen LogP contribution in [0, 0.1) is 10.1 Å². The van der Waals surface area contributed by atoms with Crippen LogP contribution < -0.4 is 10.5 Å². The third-order valence-electron chi connectivity index (χ3n) is 1.63. The first-order valence-corrected chi connectivity index (χ1v) is 4.07. The van der Waals surface area contributed by atoms with Crippen molar-refractivity contribution in [1.82, 2.24) is 4.98 Å². The van der Waals surface area contributed by atoms with Gasteiger partial charge in [0.1, 0.15) is 0 Å². The quantitative estimate of drug-likeness (QED) is 0.615. The molecule has 0 atom stereocenters. The Kier molecular flexibility index (Phi) is 3.36. The molecular weight excluding hydrogens is 247 g/mol. The van der Waals surface area contributed by atoms with Crippen molar-refractivity contribution in [2.24, 2.45) is 5.73 Å². The maximum Gasteiger partial charge on any atom is 0.575 e. The van der Waals surface area contributed by atoms with E-state index >= 15 is 0 Å². The Hall–Kier alpha value is -2.10. The van der Waals surface area contributed by atoms with Gasteiger partial charge in [0.05, 0.1) is 5.56 Å². The molecule has 0 saturated heterocycles. The molecule has 7 nitrogen and oxygen atoms in total. The zero-order valence-corrected chi connectivity index (χ0v) is 8.06. The molecule has 0 aliphatic heterocycles. The summed E-state index contributed by atoms with van der Waals surface area (Å²) in [6.45, 7) is -0.427. The van der Waals surface area contributed by atoms with Crippen LogP contribution in [-0.2, 0) is 6.54 Å². The molecule has 3 N–H and O–H groups in total. The number of nitrogens with zero attached hydrogens (tertiary/aromatic N) is 2. The van der Waals surface area contributed by atoms with Crippen LogP contribution in [0.4, 0.5) is 19.0 Å². The van der Waals surface area contributed by atoms with Gasteiger partial charge in [-0.1, -0.05) is 0 Å². The molecule has 1 aromatic heterocycles. The van der Waals surface area contributed by atoms with Gasteiger partial charge < -0.3 is 25.7 Å². The molecule has 0 aliphatic rings. The van der Waals surface area contributed by atoms with Crippen molar-refractivity contribution in [2.75, 3.05) is 0 Å². The lowest BCUT2D eigenvalue weighted by atomic mass is 10.2. The number of hydrogen-bond donors (Lipinski definition) is 2. The Bertz CT molecular complexity index is 449. The van der Waals surface area contributed by atoms with E-state index < -0.39 is 35.3 Å². The first-order valence-electron chi connectivity index (χ1n) is 4.07. The summed E-state index contributed by atoms with van der Waals surface area (Å²) in [5, 5.41) is 19.5. The number of aromatic nitrogens is 1. The van der Waals surface area contributed by atoms with Crippen LogP contribution in [0.25, 0.3) is 0 Å². The van der Waals surface area contributed by atoms with Gasteiger partial charge in [-0.15, -0.1) is 13.2 Å². The van der Waals surface area contributed by atoms with E-state index in [0.29, 0.717) is 6.07 Å². The van der Waals surface area contributed by atoms with Crippen LogP contribution in [0.1, 0.15) is 5.56 Å². The van der Waals surface area contributed by atoms with Gasteiger partial charge >= 0.3 is 18.1 Å². The molecule has 1 heterocycles. The van der Waals surface area contributed by atoms with E-state index in [-0.39, 0.29) is 5.56 Å². The molecule has 0 amide bonds. The zero-order valence-electron chi connectivity index (χ0n) is 8.06. The molecular formula is C7H6F3N3O4. The number of halogens is 3. The first kappa shape index (κ1) is 13.0. The third kappa shape index (κ3) is 3.17. The van der Waals surface area contributed by atoms with Crippen molar-refractivity contribution < 1.29 is 27.9 Å². The lowest BCUT2D eigenvalue weighted by molar-refractivity contribution is -0.391. The Balaban J connectivity index is 3.26. The van der Waals surface area contributed by atoms with Gasteiger partial charge in [-0.05, 0) is 4.92 Å². The predicted molar refractivity (Wildman–Crippen MR) is 47.1 cm³/mol. The Morgan fingerprint density at radius 2 is 2.18 bits per heavy atom. The second-order valence-corrected chi connectivity index (χ2v) is 2.80. The average molecular weight is 253 g/mol. The molecule has 0 bridgehead atoms. The van der Waals surface area contributed by atoms with Gasteiger partial charge in [0, 0.05) is 17.6 Å². The summed E-state index contributed by atoms with van der Waals surface area (Å²) in [5.74, 6) is -3.07. The molecule has 0 aliphatic carbocycles. The highest BCUT2D eigenvalue weighted by molar-refractivity contribution is 5.45. The number of nitro groups is 1. The average Bonchev–Trinajstić information content (AvgIpc) is 2.17. The summed E-state index contributed by atoms with van der Waals surface area (Å²) in [7, 11) is 0. The van der Waals surface area contributed by atoms with Gasteiger partial charge in [-0.3, -0.25) is 0 Å². The number of ether oxygens (including phenoxy) is 1. The number of alkyl halides is 3. The fourth-order valence-electron chi connectivity index (χ4n) is 0.995. The Labute approximate surface area is 91.8 Å². The molecule has 0 aromatic carbocycles. The summed E-state index contributed by atoms with van der Waals surface area (Å²) >= 11 is 0. The maximum absolute atomic E-state index is 12.0. The normalized spacial score (nSPS) is 11.3. The second-order valence-electron chi connectivity index (χ2n) is 2.80. The highest BCUT2D eigenvalue weighted by Gasteiger charge is 2.36. The highest BCUT2D eigenvalue weighted by atomic mass is 19.4. The monoisotopic (exact) mass is 253 g/mol. The van der Waals surface area contributed by atoms with Crippen molar-refractivity contribution in [2.45, 2.75) is 12.9 Å². The molecule has 0 unspecified atom stereocenters. The van der Waals surface area contributed by atoms with Crippen molar-refractivity contribution in [3.63, 3.8) is 0 Å². The lowest BCUT2D eigenvalue weighted by Crippen LogP contribution is -2.20. The molecule has 1 rings (SSSR count). The maximum atomic E-state index is 12.0. The van der Waals surface area contributed by atoms with Crippen LogP contribution in [0.15, 0.2) is 6.07 Å². The SMILES string of the molecule is NCc1cc(O)c([N+](=O)[O-])nc1OC(F)(F)F. The van der Waals surface area contributed by atoms with Gasteiger partial charge in [0.15, 0.2) is 0 Å². The number of nitrogens with two attached hydrogens (primary N) is 1. The molecule has 17 heavy (non-hydrogen) atoms. The summed E-state index contributed by atoms with van der Waals surface area (Å²) in [6, 6.07) is 0.701. The van der Waals surface area contributed by atoms with Gasteiger partial charge in [-0.2, -0.15) is 0 Å². The van der Waals surface area contributed by atoms with Gasteiger partial charge in [0.25, 0.3) is 0 Å². The topological polar surface area (TPSA) is 112 Å². The van der Waals surface area contributed by atoms with Gasteiger partial charge in [0.2, 0.25) is 5.75 Å². The summed E-state index contributed by atoms with van der Waals surface area (Å²) in [5.41, 5.74) is 4.80. The van der Waals surface area contributed by atoms with Crippen LogP contribution in [0.5, 0.6) is 11.6 Å². The smallest absolute Gasteiger partial charge is 0.501 e. The van der Waals surface area contributed by atoms with Crippen molar-refractivity contribution in [3.8, 4) is 11.6 Å². The Morgan fingerprint density at radius 1 is 1.59 bits per heavy atom. The molecule has 0 fully saturated rings. The van der Waals surface area contributed by atoms with Crippen LogP contribution in [-0.4, -0.2) is 21.4 Å². The molecule has 0 saturated carbocycles. The number of aromatic hydroxyl groups is 1. The Morgan fingerprint density at radius 3 is 2.59 bits per heavy atom. The summed E-state index contributed by atoms with van der Waals surface area (Å²) < 4.78 is 39.3. The molecule has 0 spiro atoms. The highest BCUT2D eigenvalue weighted by Crippen LogP contribution is 2.32. The van der Waals surface area contributed by atoms with E-state index in [1.807, 2.05) is 0 Å². The van der Waals surface area contributed by atoms with Crippen LogP contribution in [0.2, 0.25) is 0 Å². The standard InChI is InChI=1S/C7H6F3N3O4/c8-7(9,10)17-6-3(2-11)1-4(14)5(12-6)13(15)16/h1,14H,2,11H2. The van der Waals surface area contributed by atoms with E-state index in [9.17, 15) is 23.3 Å². The van der Waals surface area contributed by atoms with Crippen LogP contribution in [0.3, 0.4) is 0 Å². The summed E-state index contributed by atoms with van der Waals surface area (Å²) in [6.07, 6.45) is -5.05. The first-order chi connectivity index (χ1) is 7.74. The summed E-state index contributed by atoms with van der Waals surface area (Å²) in [4.78, 5) is 12.2. The zero-order chi connectivity index (χ0) is 13.2. The van der Waals surface area contributed by atoms with Crippen LogP contribution >= 0.6 is 0 Å². The second kappa shape index (κ2) is 4.41.